The highest BCUT2D eigenvalue weighted by atomic mass is 32.1. The summed E-state index contributed by atoms with van der Waals surface area (Å²) in [6, 6.07) is 11.3. The number of rotatable bonds is 4. The first-order valence-corrected chi connectivity index (χ1v) is 9.19. The summed E-state index contributed by atoms with van der Waals surface area (Å²) < 4.78 is 5.33. The predicted octanol–water partition coefficient (Wildman–Crippen LogP) is 2.84. The van der Waals surface area contributed by atoms with Gasteiger partial charge in [0.15, 0.2) is 6.10 Å². The lowest BCUT2D eigenvalue weighted by Gasteiger charge is -2.30. The number of hydrogen-bond donors (Lipinski definition) is 1. The van der Waals surface area contributed by atoms with Crippen molar-refractivity contribution in [3.63, 3.8) is 0 Å². The largest absolute Gasteiger partial charge is 0.448 e. The highest BCUT2D eigenvalue weighted by molar-refractivity contribution is 7.18. The lowest BCUT2D eigenvalue weighted by atomic mass is 9.99. The maximum atomic E-state index is 12.6. The molecule has 0 fully saturated rings. The fraction of sp³-hybridized carbons (Fsp3) is 0.316. The first-order valence-electron chi connectivity index (χ1n) is 8.38. The molecule has 0 saturated carbocycles. The van der Waals surface area contributed by atoms with Crippen LogP contribution in [0.1, 0.15) is 34.6 Å². The van der Waals surface area contributed by atoms with Gasteiger partial charge in [0, 0.05) is 20.0 Å². The number of esters is 1. The van der Waals surface area contributed by atoms with Crippen LogP contribution in [0.3, 0.4) is 0 Å². The first kappa shape index (κ1) is 18.1. The maximum absolute atomic E-state index is 12.6. The van der Waals surface area contributed by atoms with Gasteiger partial charge in [-0.05, 0) is 36.6 Å². The molecule has 0 spiro atoms. The highest BCUT2D eigenvalue weighted by Crippen LogP contribution is 2.24. The number of benzene rings is 1. The van der Waals surface area contributed by atoms with Crippen molar-refractivity contribution in [2.45, 2.75) is 32.9 Å². The zero-order valence-corrected chi connectivity index (χ0v) is 15.5. The van der Waals surface area contributed by atoms with Crippen LogP contribution in [0.5, 0.6) is 0 Å². The van der Waals surface area contributed by atoms with Crippen molar-refractivity contribution >= 4 is 34.1 Å². The van der Waals surface area contributed by atoms with Crippen molar-refractivity contribution in [2.24, 2.45) is 0 Å². The Morgan fingerprint density at radius 3 is 2.62 bits per heavy atom. The second-order valence-electron chi connectivity index (χ2n) is 6.17. The fourth-order valence-corrected chi connectivity index (χ4v) is 3.73. The van der Waals surface area contributed by atoms with Gasteiger partial charge in [-0.3, -0.25) is 9.59 Å². The van der Waals surface area contributed by atoms with Gasteiger partial charge >= 0.3 is 5.97 Å². The number of carbonyl (C=O) groups is 3. The summed E-state index contributed by atoms with van der Waals surface area (Å²) in [7, 11) is 0. The number of ether oxygens (including phenoxy) is 1. The molecule has 0 aliphatic carbocycles. The van der Waals surface area contributed by atoms with Gasteiger partial charge in [0.2, 0.25) is 5.91 Å². The summed E-state index contributed by atoms with van der Waals surface area (Å²) in [6.07, 6.45) is -0.0628. The van der Waals surface area contributed by atoms with Gasteiger partial charge in [0.05, 0.1) is 5.00 Å². The van der Waals surface area contributed by atoms with Crippen molar-refractivity contribution in [1.29, 1.82) is 0 Å². The number of hydrogen-bond acceptors (Lipinski definition) is 5. The molecular formula is C19H20N2O4S. The lowest BCUT2D eigenvalue weighted by molar-refractivity contribution is -0.140. The third-order valence-corrected chi connectivity index (χ3v) is 5.16. The van der Waals surface area contributed by atoms with E-state index in [2.05, 4.69) is 11.4 Å². The minimum atomic E-state index is -0.862. The summed E-state index contributed by atoms with van der Waals surface area (Å²) in [5.41, 5.74) is 2.38. The third-order valence-electron chi connectivity index (χ3n) is 4.18. The van der Waals surface area contributed by atoms with E-state index >= 15 is 0 Å². The van der Waals surface area contributed by atoms with E-state index in [4.69, 9.17) is 4.74 Å². The van der Waals surface area contributed by atoms with E-state index in [1.807, 2.05) is 18.2 Å². The van der Waals surface area contributed by atoms with E-state index in [-0.39, 0.29) is 11.8 Å². The number of nitrogens with one attached hydrogen (secondary N) is 1. The predicted molar refractivity (Wildman–Crippen MR) is 99.1 cm³/mol. The molecule has 0 saturated heterocycles. The minimum absolute atomic E-state index is 0.202. The summed E-state index contributed by atoms with van der Waals surface area (Å²) in [6.45, 7) is 4.13. The molecule has 0 bridgehead atoms. The van der Waals surface area contributed by atoms with Crippen molar-refractivity contribution in [1.82, 2.24) is 4.90 Å². The molecule has 1 N–H and O–H groups in total. The van der Waals surface area contributed by atoms with Crippen LogP contribution in [0.15, 0.2) is 36.4 Å². The fourth-order valence-electron chi connectivity index (χ4n) is 2.90. The van der Waals surface area contributed by atoms with Crippen LogP contribution in [0.2, 0.25) is 0 Å². The van der Waals surface area contributed by atoms with Crippen molar-refractivity contribution < 1.29 is 19.1 Å². The molecule has 26 heavy (non-hydrogen) atoms. The van der Waals surface area contributed by atoms with Crippen LogP contribution in [-0.2, 0) is 27.3 Å². The van der Waals surface area contributed by atoms with Gasteiger partial charge in [0.25, 0.3) is 5.91 Å². The Morgan fingerprint density at radius 2 is 1.88 bits per heavy atom. The number of fused-ring (bicyclic) bond motifs is 1. The van der Waals surface area contributed by atoms with Gasteiger partial charge < -0.3 is 15.0 Å². The Hall–Kier alpha value is -2.67. The lowest BCUT2D eigenvalue weighted by Crippen LogP contribution is -2.42. The second kappa shape index (κ2) is 7.70. The monoisotopic (exact) mass is 372 g/mol. The summed E-state index contributed by atoms with van der Waals surface area (Å²) in [5.74, 6) is -0.975. The van der Waals surface area contributed by atoms with Gasteiger partial charge in [-0.1, -0.05) is 24.3 Å². The smallest absolute Gasteiger partial charge is 0.349 e. The van der Waals surface area contributed by atoms with E-state index in [0.717, 1.165) is 23.3 Å². The highest BCUT2D eigenvalue weighted by Gasteiger charge is 2.27. The average Bonchev–Trinajstić information content (AvgIpc) is 3.08. The molecule has 1 aliphatic rings. The standard InChI is InChI=1S/C19H20N2O4S/c1-12(25-19(24)16-7-8-17(26-16)20-13(2)22)18(23)21-10-9-14-5-3-4-6-15(14)11-21/h3-8,12H,9-11H2,1-2H3,(H,20,22). The van der Waals surface area contributed by atoms with E-state index < -0.39 is 12.1 Å². The molecule has 2 heterocycles. The van der Waals surface area contributed by atoms with Crippen LogP contribution in [0, 0.1) is 0 Å². The summed E-state index contributed by atoms with van der Waals surface area (Å²) in [5, 5.41) is 3.18. The van der Waals surface area contributed by atoms with Crippen LogP contribution in [0.25, 0.3) is 0 Å². The molecule has 1 atom stereocenters. The Bertz CT molecular complexity index is 846. The third kappa shape index (κ3) is 4.11. The molecule has 3 rings (SSSR count). The molecular weight excluding hydrogens is 352 g/mol. The Labute approximate surface area is 155 Å². The molecule has 1 unspecified atom stereocenters. The van der Waals surface area contributed by atoms with E-state index in [9.17, 15) is 14.4 Å². The minimum Gasteiger partial charge on any atom is -0.448 e. The zero-order valence-electron chi connectivity index (χ0n) is 14.7. The van der Waals surface area contributed by atoms with Crippen LogP contribution in [-0.4, -0.2) is 35.3 Å². The zero-order chi connectivity index (χ0) is 18.7. The van der Waals surface area contributed by atoms with E-state index in [0.29, 0.717) is 23.0 Å². The molecule has 1 aromatic heterocycles. The Balaban J connectivity index is 1.60. The molecule has 1 aromatic carbocycles. The number of anilines is 1. The molecule has 136 valence electrons. The maximum Gasteiger partial charge on any atom is 0.349 e. The SMILES string of the molecule is CC(=O)Nc1ccc(C(=O)OC(C)C(=O)N2CCc3ccccc3C2)s1. The molecule has 0 radical (unpaired) electrons. The topological polar surface area (TPSA) is 75.7 Å². The second-order valence-corrected chi connectivity index (χ2v) is 7.25. The van der Waals surface area contributed by atoms with Crippen molar-refractivity contribution in [3.8, 4) is 0 Å². The van der Waals surface area contributed by atoms with E-state index in [1.54, 1.807) is 24.0 Å². The number of thiophene rings is 1. The van der Waals surface area contributed by atoms with Gasteiger partial charge in [0.1, 0.15) is 4.88 Å². The first-order chi connectivity index (χ1) is 12.4. The van der Waals surface area contributed by atoms with Crippen molar-refractivity contribution in [3.05, 3.63) is 52.4 Å². The van der Waals surface area contributed by atoms with Gasteiger partial charge in [-0.15, -0.1) is 11.3 Å². The average molecular weight is 372 g/mol. The number of carbonyl (C=O) groups excluding carboxylic acids is 3. The summed E-state index contributed by atoms with van der Waals surface area (Å²) in [4.78, 5) is 38.0. The van der Waals surface area contributed by atoms with Gasteiger partial charge in [-0.25, -0.2) is 4.79 Å². The quantitative estimate of drug-likeness (QED) is 0.838. The van der Waals surface area contributed by atoms with Crippen LogP contribution < -0.4 is 5.32 Å². The van der Waals surface area contributed by atoms with Gasteiger partial charge in [-0.2, -0.15) is 0 Å². The molecule has 6 nitrogen and oxygen atoms in total. The number of amides is 2. The Kier molecular flexibility index (Phi) is 5.37. The Morgan fingerprint density at radius 1 is 1.15 bits per heavy atom. The molecule has 2 amide bonds. The van der Waals surface area contributed by atoms with Crippen molar-refractivity contribution in [2.75, 3.05) is 11.9 Å². The molecule has 1 aliphatic heterocycles. The molecule has 7 heteroatoms. The van der Waals surface area contributed by atoms with E-state index in [1.165, 1.54) is 12.5 Å². The van der Waals surface area contributed by atoms with Crippen LogP contribution >= 0.6 is 11.3 Å². The van der Waals surface area contributed by atoms with Crippen LogP contribution in [0.4, 0.5) is 5.00 Å². The normalized spacial score (nSPS) is 14.3. The number of nitrogens with zero attached hydrogens (tertiary/aromatic N) is 1. The summed E-state index contributed by atoms with van der Waals surface area (Å²) >= 11 is 1.12. The molecule has 2 aromatic rings.